The molecular weight excluding hydrogens is 394 g/mol. The van der Waals surface area contributed by atoms with Crippen molar-refractivity contribution < 1.29 is 4.79 Å². The van der Waals surface area contributed by atoms with Crippen LogP contribution in [0.4, 0.5) is 0 Å². The van der Waals surface area contributed by atoms with Gasteiger partial charge in [0.05, 0.1) is 24.9 Å². The summed E-state index contributed by atoms with van der Waals surface area (Å²) in [5.41, 5.74) is 1.85. The van der Waals surface area contributed by atoms with E-state index in [0.717, 1.165) is 16.8 Å². The quantitative estimate of drug-likeness (QED) is 0.734. The summed E-state index contributed by atoms with van der Waals surface area (Å²) in [6.45, 7) is 8.58. The van der Waals surface area contributed by atoms with Gasteiger partial charge in [-0.1, -0.05) is 6.92 Å². The summed E-state index contributed by atoms with van der Waals surface area (Å²) < 4.78 is 1.89. The minimum absolute atomic E-state index is 0.0358. The molecule has 4 rings (SSSR count). The van der Waals surface area contributed by atoms with Gasteiger partial charge >= 0.3 is 0 Å². The fourth-order valence-corrected chi connectivity index (χ4v) is 4.45. The van der Waals surface area contributed by atoms with Crippen molar-refractivity contribution in [1.29, 1.82) is 5.26 Å². The molecule has 0 aliphatic carbocycles. The number of aromatic nitrogens is 4. The summed E-state index contributed by atoms with van der Waals surface area (Å²) >= 11 is 0. The molecule has 2 aromatic heterocycles. The molecule has 0 radical (unpaired) electrons. The van der Waals surface area contributed by atoms with Crippen LogP contribution in [0.25, 0.3) is 11.1 Å². The van der Waals surface area contributed by atoms with Gasteiger partial charge in [-0.05, 0) is 20.8 Å². The summed E-state index contributed by atoms with van der Waals surface area (Å²) in [6, 6.07) is 1.40. The Morgan fingerprint density at radius 2 is 2.23 bits per heavy atom. The number of amides is 1. The molecule has 0 saturated carbocycles. The molecule has 2 aliphatic heterocycles. The largest absolute Gasteiger partial charge is 0.352 e. The van der Waals surface area contributed by atoms with Crippen LogP contribution >= 0.6 is 0 Å². The Kier molecular flexibility index (Phi) is 5.45. The molecule has 0 aromatic carbocycles. The lowest BCUT2D eigenvalue weighted by molar-refractivity contribution is -0.141. The molecule has 4 heterocycles. The molecule has 0 spiro atoms. The fourth-order valence-electron chi connectivity index (χ4n) is 4.45. The van der Waals surface area contributed by atoms with E-state index in [4.69, 9.17) is 0 Å². The second-order valence-electron chi connectivity index (χ2n) is 8.52. The van der Waals surface area contributed by atoms with Gasteiger partial charge in [-0.2, -0.15) is 15.5 Å². The highest BCUT2D eigenvalue weighted by atomic mass is 16.2. The molecule has 1 fully saturated rings. The summed E-state index contributed by atoms with van der Waals surface area (Å²) in [7, 11) is 0. The van der Waals surface area contributed by atoms with Crippen LogP contribution in [0.2, 0.25) is 0 Å². The molecule has 0 bridgehead atoms. The lowest BCUT2D eigenvalue weighted by Crippen LogP contribution is -2.68. The van der Waals surface area contributed by atoms with E-state index in [1.165, 1.54) is 6.21 Å². The van der Waals surface area contributed by atoms with Gasteiger partial charge in [0.2, 0.25) is 5.91 Å². The molecule has 31 heavy (non-hydrogen) atoms. The van der Waals surface area contributed by atoms with Crippen LogP contribution in [0.1, 0.15) is 39.1 Å². The van der Waals surface area contributed by atoms with E-state index in [0.29, 0.717) is 6.54 Å². The number of likely N-dealkylation sites (tertiary alicyclic amines) is 1. The predicted molar refractivity (Wildman–Crippen MR) is 116 cm³/mol. The average Bonchev–Trinajstić information content (AvgIpc) is 3.34. The van der Waals surface area contributed by atoms with Gasteiger partial charge < -0.3 is 5.32 Å². The number of nitriles is 1. The average molecular weight is 422 g/mol. The maximum atomic E-state index is 13.0. The third kappa shape index (κ3) is 3.55. The van der Waals surface area contributed by atoms with Crippen molar-refractivity contribution in [2.24, 2.45) is 15.9 Å². The zero-order valence-electron chi connectivity index (χ0n) is 18.1. The van der Waals surface area contributed by atoms with Crippen molar-refractivity contribution in [3.8, 4) is 17.2 Å². The van der Waals surface area contributed by atoms with Gasteiger partial charge in [-0.3, -0.25) is 29.5 Å². The smallest absolute Gasteiger partial charge is 0.248 e. The maximum Gasteiger partial charge on any atom is 0.248 e. The number of nitrogens with zero attached hydrogens (tertiary/aromatic N) is 7. The first-order chi connectivity index (χ1) is 14.9. The van der Waals surface area contributed by atoms with Crippen LogP contribution in [0.5, 0.6) is 0 Å². The summed E-state index contributed by atoms with van der Waals surface area (Å²) in [4.78, 5) is 24.2. The molecule has 2 aromatic rings. The summed E-state index contributed by atoms with van der Waals surface area (Å²) in [5, 5.41) is 24.2. The number of aliphatic imine (C=N–C) groups is 2. The molecular formula is C21H27N9O. The minimum atomic E-state index is -1.07. The van der Waals surface area contributed by atoms with Crippen molar-refractivity contribution in [2.75, 3.05) is 6.54 Å². The van der Waals surface area contributed by atoms with E-state index in [-0.39, 0.29) is 30.5 Å². The summed E-state index contributed by atoms with van der Waals surface area (Å²) in [5.74, 6) is 0.0375. The first kappa shape index (κ1) is 20.9. The van der Waals surface area contributed by atoms with Gasteiger partial charge in [0.25, 0.3) is 0 Å². The molecule has 10 heteroatoms. The lowest BCUT2D eigenvalue weighted by atomic mass is 9.85. The zero-order chi connectivity index (χ0) is 22.2. The fraction of sp³-hybridized carbons (Fsp3) is 0.524. The van der Waals surface area contributed by atoms with Crippen molar-refractivity contribution in [1.82, 2.24) is 30.2 Å². The van der Waals surface area contributed by atoms with Crippen molar-refractivity contribution >= 4 is 18.3 Å². The Hall–Kier alpha value is -3.32. The van der Waals surface area contributed by atoms with E-state index >= 15 is 0 Å². The maximum absolute atomic E-state index is 13.0. The predicted octanol–water partition coefficient (Wildman–Crippen LogP) is 1.69. The van der Waals surface area contributed by atoms with E-state index in [2.05, 4.69) is 48.5 Å². The molecule has 2 aliphatic rings. The normalized spacial score (nSPS) is 27.8. The van der Waals surface area contributed by atoms with E-state index < -0.39 is 11.7 Å². The second kappa shape index (κ2) is 8.07. The molecule has 1 saturated heterocycles. The molecule has 4 atom stereocenters. The number of carbonyl (C=O) groups excluding carboxylic acids is 1. The highest BCUT2D eigenvalue weighted by molar-refractivity contribution is 6.17. The van der Waals surface area contributed by atoms with Gasteiger partial charge in [-0.25, -0.2) is 0 Å². The monoisotopic (exact) mass is 421 g/mol. The number of H-pyrrole nitrogens is 1. The van der Waals surface area contributed by atoms with Gasteiger partial charge in [0.1, 0.15) is 6.17 Å². The van der Waals surface area contributed by atoms with Crippen LogP contribution < -0.4 is 5.32 Å². The third-order valence-electron chi connectivity index (χ3n) is 5.88. The lowest BCUT2D eigenvalue weighted by Gasteiger charge is -2.55. The molecule has 4 unspecified atom stereocenters. The number of hydrogen-bond acceptors (Lipinski definition) is 7. The number of rotatable bonds is 6. The highest BCUT2D eigenvalue weighted by Gasteiger charge is 2.56. The van der Waals surface area contributed by atoms with Crippen molar-refractivity contribution in [3.63, 3.8) is 0 Å². The zero-order valence-corrected chi connectivity index (χ0v) is 18.1. The topological polar surface area (TPSA) is 127 Å². The van der Waals surface area contributed by atoms with Gasteiger partial charge in [0.15, 0.2) is 11.7 Å². The van der Waals surface area contributed by atoms with Crippen LogP contribution in [0, 0.1) is 24.2 Å². The van der Waals surface area contributed by atoms with Crippen LogP contribution in [-0.2, 0) is 4.79 Å². The number of aryl methyl sites for hydroxylation is 1. The first-order valence-corrected chi connectivity index (χ1v) is 10.4. The molecule has 10 nitrogen and oxygen atoms in total. The Morgan fingerprint density at radius 1 is 1.42 bits per heavy atom. The van der Waals surface area contributed by atoms with Crippen LogP contribution in [0.3, 0.4) is 0 Å². The molecule has 162 valence electrons. The Balaban J connectivity index is 1.69. The van der Waals surface area contributed by atoms with Crippen LogP contribution in [0.15, 0.2) is 28.6 Å². The Bertz CT molecular complexity index is 1060. The van der Waals surface area contributed by atoms with E-state index in [1.807, 2.05) is 37.8 Å². The number of nitrogens with one attached hydrogen (secondary N) is 2. The van der Waals surface area contributed by atoms with E-state index in [9.17, 15) is 10.1 Å². The van der Waals surface area contributed by atoms with Gasteiger partial charge in [-0.15, -0.1) is 0 Å². The van der Waals surface area contributed by atoms with Crippen molar-refractivity contribution in [3.05, 3.63) is 24.3 Å². The summed E-state index contributed by atoms with van der Waals surface area (Å²) in [6.07, 6.45) is 8.59. The van der Waals surface area contributed by atoms with Crippen LogP contribution in [-0.4, -0.2) is 67.5 Å². The Labute approximate surface area is 181 Å². The minimum Gasteiger partial charge on any atom is -0.352 e. The number of hydrogen-bond donors (Lipinski definition) is 2. The standard InChI is InChI=1S/C21H27N9O/c1-13(2)27-19(31)18-21(5-6-22,24-8-7-23-18)29-11-14(3)20(29)30-12-16(9-26-30)17-10-25-28-15(17)4/h7-10,12-14,18,20H,5,11H2,1-4H3,(H,25,28)(H,27,31). The number of carbonyl (C=O) groups is 1. The Morgan fingerprint density at radius 3 is 2.87 bits per heavy atom. The third-order valence-corrected chi connectivity index (χ3v) is 5.88. The SMILES string of the molecule is Cc1[nH]ncc1-c1cnn(C2C(C)CN2C2(CC#N)N=CC=NC2C(=O)NC(C)C)c1. The van der Waals surface area contributed by atoms with E-state index in [1.54, 1.807) is 12.4 Å². The number of aromatic amines is 1. The first-order valence-electron chi connectivity index (χ1n) is 10.4. The second-order valence-corrected chi connectivity index (χ2v) is 8.52. The molecule has 1 amide bonds. The highest BCUT2D eigenvalue weighted by Crippen LogP contribution is 2.45. The van der Waals surface area contributed by atoms with Gasteiger partial charge in [0, 0.05) is 54.0 Å². The van der Waals surface area contributed by atoms with Crippen molar-refractivity contribution in [2.45, 2.75) is 58.0 Å². The molecule has 2 N–H and O–H groups in total.